The number of aromatic nitrogens is 1. The Balaban J connectivity index is 2.18. The van der Waals surface area contributed by atoms with Crippen molar-refractivity contribution in [2.24, 2.45) is 0 Å². The quantitative estimate of drug-likeness (QED) is 0.867. The monoisotopic (exact) mass is 278 g/mol. The van der Waals surface area contributed by atoms with Crippen LogP contribution in [0.5, 0.6) is 0 Å². The second-order valence-corrected chi connectivity index (χ2v) is 5.66. The standard InChI is InChI=1S/C15H19FN2S/c1-3-6-18-15(8-13-9-17-10-19-13)12-5-4-11(2)14(16)7-12/h4-5,7,9-10,15,18H,3,6,8H2,1-2H3. The zero-order valence-electron chi connectivity index (χ0n) is 11.3. The van der Waals surface area contributed by atoms with Gasteiger partial charge in [-0.05, 0) is 37.1 Å². The summed E-state index contributed by atoms with van der Waals surface area (Å²) in [5.41, 5.74) is 3.53. The van der Waals surface area contributed by atoms with Gasteiger partial charge in [-0.25, -0.2) is 4.39 Å². The molecule has 0 amide bonds. The number of aryl methyl sites for hydroxylation is 1. The second-order valence-electron chi connectivity index (χ2n) is 4.69. The number of hydrogen-bond donors (Lipinski definition) is 1. The van der Waals surface area contributed by atoms with Crippen molar-refractivity contribution in [1.82, 2.24) is 10.3 Å². The Morgan fingerprint density at radius 3 is 2.89 bits per heavy atom. The summed E-state index contributed by atoms with van der Waals surface area (Å²) < 4.78 is 13.7. The van der Waals surface area contributed by atoms with E-state index in [1.807, 2.05) is 23.8 Å². The lowest BCUT2D eigenvalue weighted by atomic mass is 10.0. The predicted molar refractivity (Wildman–Crippen MR) is 78.0 cm³/mol. The van der Waals surface area contributed by atoms with Crippen molar-refractivity contribution in [3.8, 4) is 0 Å². The molecule has 2 rings (SSSR count). The van der Waals surface area contributed by atoms with E-state index in [0.29, 0.717) is 5.56 Å². The van der Waals surface area contributed by atoms with Gasteiger partial charge in [0.2, 0.25) is 0 Å². The van der Waals surface area contributed by atoms with Gasteiger partial charge < -0.3 is 5.32 Å². The van der Waals surface area contributed by atoms with Gasteiger partial charge in [-0.2, -0.15) is 0 Å². The van der Waals surface area contributed by atoms with E-state index in [2.05, 4.69) is 17.2 Å². The molecular formula is C15H19FN2S. The van der Waals surface area contributed by atoms with E-state index in [1.54, 1.807) is 24.3 Å². The molecular weight excluding hydrogens is 259 g/mol. The van der Waals surface area contributed by atoms with E-state index in [4.69, 9.17) is 0 Å². The smallest absolute Gasteiger partial charge is 0.126 e. The Bertz CT molecular complexity index is 511. The van der Waals surface area contributed by atoms with Gasteiger partial charge in [0.1, 0.15) is 5.82 Å². The van der Waals surface area contributed by atoms with Crippen molar-refractivity contribution in [3.63, 3.8) is 0 Å². The molecule has 0 spiro atoms. The highest BCUT2D eigenvalue weighted by molar-refractivity contribution is 7.09. The maximum atomic E-state index is 13.7. The molecule has 1 N–H and O–H groups in total. The molecule has 4 heteroatoms. The van der Waals surface area contributed by atoms with Crippen LogP contribution in [-0.2, 0) is 6.42 Å². The highest BCUT2D eigenvalue weighted by Crippen LogP contribution is 2.22. The first-order chi connectivity index (χ1) is 9.20. The number of nitrogens with one attached hydrogen (secondary N) is 1. The van der Waals surface area contributed by atoms with Crippen molar-refractivity contribution in [2.75, 3.05) is 6.54 Å². The minimum Gasteiger partial charge on any atom is -0.310 e. The first-order valence-corrected chi connectivity index (χ1v) is 7.45. The van der Waals surface area contributed by atoms with Crippen molar-refractivity contribution in [3.05, 3.63) is 51.7 Å². The minimum atomic E-state index is -0.134. The average Bonchev–Trinajstić information content (AvgIpc) is 2.91. The molecule has 0 saturated heterocycles. The van der Waals surface area contributed by atoms with E-state index in [0.717, 1.165) is 24.9 Å². The molecule has 0 aliphatic heterocycles. The van der Waals surface area contributed by atoms with Gasteiger partial charge in [0.15, 0.2) is 0 Å². The van der Waals surface area contributed by atoms with Crippen LogP contribution in [0.25, 0.3) is 0 Å². The largest absolute Gasteiger partial charge is 0.310 e. The van der Waals surface area contributed by atoms with Crippen LogP contribution < -0.4 is 5.32 Å². The Morgan fingerprint density at radius 2 is 2.26 bits per heavy atom. The lowest BCUT2D eigenvalue weighted by Crippen LogP contribution is -2.24. The highest BCUT2D eigenvalue weighted by atomic mass is 32.1. The maximum Gasteiger partial charge on any atom is 0.126 e. The van der Waals surface area contributed by atoms with Crippen LogP contribution in [-0.4, -0.2) is 11.5 Å². The normalized spacial score (nSPS) is 12.6. The fraction of sp³-hybridized carbons (Fsp3) is 0.400. The summed E-state index contributed by atoms with van der Waals surface area (Å²) >= 11 is 1.64. The highest BCUT2D eigenvalue weighted by Gasteiger charge is 2.13. The van der Waals surface area contributed by atoms with Gasteiger partial charge in [0, 0.05) is 23.5 Å². The second kappa shape index (κ2) is 6.78. The minimum absolute atomic E-state index is 0.134. The van der Waals surface area contributed by atoms with E-state index in [9.17, 15) is 4.39 Å². The average molecular weight is 278 g/mol. The first kappa shape index (κ1) is 14.2. The molecule has 0 aliphatic carbocycles. The topological polar surface area (TPSA) is 24.9 Å². The first-order valence-electron chi connectivity index (χ1n) is 6.57. The van der Waals surface area contributed by atoms with Crippen molar-refractivity contribution >= 4 is 11.3 Å². The molecule has 1 atom stereocenters. The molecule has 0 saturated carbocycles. The summed E-state index contributed by atoms with van der Waals surface area (Å²) in [4.78, 5) is 5.31. The van der Waals surface area contributed by atoms with Crippen molar-refractivity contribution in [1.29, 1.82) is 0 Å². The number of benzene rings is 1. The van der Waals surface area contributed by atoms with Crippen molar-refractivity contribution < 1.29 is 4.39 Å². The molecule has 1 aromatic carbocycles. The third kappa shape index (κ3) is 3.85. The molecule has 19 heavy (non-hydrogen) atoms. The number of hydrogen-bond acceptors (Lipinski definition) is 3. The van der Waals surface area contributed by atoms with Gasteiger partial charge in [-0.15, -0.1) is 11.3 Å². The number of thiazole rings is 1. The molecule has 102 valence electrons. The van der Waals surface area contributed by atoms with E-state index >= 15 is 0 Å². The Hall–Kier alpha value is -1.26. The van der Waals surface area contributed by atoms with Gasteiger partial charge >= 0.3 is 0 Å². The summed E-state index contributed by atoms with van der Waals surface area (Å²) in [6.07, 6.45) is 3.80. The Morgan fingerprint density at radius 1 is 1.42 bits per heavy atom. The van der Waals surface area contributed by atoms with Crippen LogP contribution in [0.3, 0.4) is 0 Å². The summed E-state index contributed by atoms with van der Waals surface area (Å²) in [6, 6.07) is 5.64. The summed E-state index contributed by atoms with van der Waals surface area (Å²) in [7, 11) is 0. The lowest BCUT2D eigenvalue weighted by Gasteiger charge is -2.18. The molecule has 1 aromatic heterocycles. The summed E-state index contributed by atoms with van der Waals surface area (Å²) in [5, 5.41) is 3.48. The zero-order valence-corrected chi connectivity index (χ0v) is 12.1. The Labute approximate surface area is 117 Å². The molecule has 0 aliphatic rings. The van der Waals surface area contributed by atoms with Crippen LogP contribution in [0.4, 0.5) is 4.39 Å². The van der Waals surface area contributed by atoms with Crippen LogP contribution in [0.2, 0.25) is 0 Å². The van der Waals surface area contributed by atoms with Gasteiger partial charge in [0.25, 0.3) is 0 Å². The molecule has 0 bridgehead atoms. The van der Waals surface area contributed by atoms with Gasteiger partial charge in [-0.3, -0.25) is 4.98 Å². The summed E-state index contributed by atoms with van der Waals surface area (Å²) in [5.74, 6) is -0.134. The molecule has 0 radical (unpaired) electrons. The fourth-order valence-corrected chi connectivity index (χ4v) is 2.64. The molecule has 2 aromatic rings. The number of nitrogens with zero attached hydrogens (tertiary/aromatic N) is 1. The SMILES string of the molecule is CCCNC(Cc1cncs1)c1ccc(C)c(F)c1. The third-order valence-electron chi connectivity index (χ3n) is 3.13. The van der Waals surface area contributed by atoms with Crippen molar-refractivity contribution in [2.45, 2.75) is 32.7 Å². The maximum absolute atomic E-state index is 13.7. The lowest BCUT2D eigenvalue weighted by molar-refractivity contribution is 0.526. The van der Waals surface area contributed by atoms with Gasteiger partial charge in [-0.1, -0.05) is 19.1 Å². The van der Waals surface area contributed by atoms with E-state index in [-0.39, 0.29) is 11.9 Å². The van der Waals surface area contributed by atoms with E-state index in [1.165, 1.54) is 4.88 Å². The molecule has 2 nitrogen and oxygen atoms in total. The van der Waals surface area contributed by atoms with Crippen LogP contribution in [0.1, 0.15) is 35.4 Å². The zero-order chi connectivity index (χ0) is 13.7. The van der Waals surface area contributed by atoms with Gasteiger partial charge in [0.05, 0.1) is 5.51 Å². The number of rotatable bonds is 6. The van der Waals surface area contributed by atoms with Crippen LogP contribution in [0, 0.1) is 12.7 Å². The third-order valence-corrected chi connectivity index (χ3v) is 3.93. The molecule has 0 fully saturated rings. The fourth-order valence-electron chi connectivity index (χ4n) is 2.00. The van der Waals surface area contributed by atoms with E-state index < -0.39 is 0 Å². The molecule has 1 unspecified atom stereocenters. The Kier molecular flexibility index (Phi) is 5.05. The van der Waals surface area contributed by atoms with Crippen LogP contribution >= 0.6 is 11.3 Å². The van der Waals surface area contributed by atoms with Crippen LogP contribution in [0.15, 0.2) is 29.9 Å². The number of halogens is 1. The summed E-state index contributed by atoms with van der Waals surface area (Å²) in [6.45, 7) is 4.85. The predicted octanol–water partition coefficient (Wildman–Crippen LogP) is 3.87. The molecule has 1 heterocycles.